The Balaban J connectivity index is 1.73. The van der Waals surface area contributed by atoms with Gasteiger partial charge in [-0.15, -0.1) is 0 Å². The second-order valence-electron chi connectivity index (χ2n) is 8.46. The number of hydrogen-bond donors (Lipinski definition) is 1. The highest BCUT2D eigenvalue weighted by atomic mass is 32.2. The third kappa shape index (κ3) is 5.19. The number of carbonyl (C=O) groups is 2. The molecule has 0 aromatic heterocycles. The van der Waals surface area contributed by atoms with Crippen molar-refractivity contribution in [1.29, 1.82) is 0 Å². The van der Waals surface area contributed by atoms with Gasteiger partial charge in [-0.1, -0.05) is 36.4 Å². The molecule has 1 amide bonds. The van der Waals surface area contributed by atoms with Gasteiger partial charge in [-0.25, -0.2) is 17.5 Å². The highest BCUT2D eigenvalue weighted by Gasteiger charge is 2.49. The summed E-state index contributed by atoms with van der Waals surface area (Å²) >= 11 is 0. The molecule has 0 spiro atoms. The zero-order valence-corrected chi connectivity index (χ0v) is 19.9. The van der Waals surface area contributed by atoms with Gasteiger partial charge in [0.15, 0.2) is 0 Å². The number of hydrogen-bond acceptors (Lipinski definition) is 7. The van der Waals surface area contributed by atoms with E-state index in [2.05, 4.69) is 5.32 Å². The molecule has 0 saturated carbocycles. The normalized spacial score (nSPS) is 15.5. The monoisotopic (exact) mass is 472 g/mol. The molecule has 0 bridgehead atoms. The van der Waals surface area contributed by atoms with Crippen LogP contribution in [0.15, 0.2) is 60.3 Å². The van der Waals surface area contributed by atoms with Gasteiger partial charge in [0.05, 0.1) is 24.8 Å². The van der Waals surface area contributed by atoms with E-state index < -0.39 is 27.4 Å². The SMILES string of the molecule is COC(=O)c1cccc(OCCCNC2=C(c3ccccc3)S(=O)(=O)N(C(C)(C)C)C2=O)c1. The molecule has 0 unspecified atom stereocenters. The quantitative estimate of drug-likeness (QED) is 0.465. The lowest BCUT2D eigenvalue weighted by atomic mass is 10.1. The number of amides is 1. The van der Waals surface area contributed by atoms with Crippen molar-refractivity contribution in [2.45, 2.75) is 32.7 Å². The fourth-order valence-electron chi connectivity index (χ4n) is 3.54. The Hall–Kier alpha value is -3.33. The number of carbonyl (C=O) groups excluding carboxylic acids is 2. The van der Waals surface area contributed by atoms with Gasteiger partial charge < -0.3 is 14.8 Å². The summed E-state index contributed by atoms with van der Waals surface area (Å²) in [7, 11) is -2.70. The van der Waals surface area contributed by atoms with E-state index in [1.54, 1.807) is 75.4 Å². The Bertz CT molecular complexity index is 1170. The Labute approximate surface area is 194 Å². The predicted molar refractivity (Wildman–Crippen MR) is 125 cm³/mol. The van der Waals surface area contributed by atoms with Crippen molar-refractivity contribution in [2.24, 2.45) is 0 Å². The average Bonchev–Trinajstić information content (AvgIpc) is 2.98. The first kappa shape index (κ1) is 24.3. The van der Waals surface area contributed by atoms with Crippen molar-refractivity contribution < 1.29 is 27.5 Å². The van der Waals surface area contributed by atoms with E-state index in [4.69, 9.17) is 9.47 Å². The van der Waals surface area contributed by atoms with Crippen molar-refractivity contribution >= 4 is 26.8 Å². The second-order valence-corrected chi connectivity index (χ2v) is 10.2. The standard InChI is InChI=1S/C24H28N2O6S/c1-24(2,3)26-22(27)20(21(33(26,29)30)17-10-6-5-7-11-17)25-14-9-15-32-19-13-8-12-18(16-19)23(28)31-4/h5-8,10-13,16,25H,9,14-15H2,1-4H3. The molecule has 1 heterocycles. The first-order valence-corrected chi connectivity index (χ1v) is 12.0. The Morgan fingerprint density at radius 1 is 1.06 bits per heavy atom. The van der Waals surface area contributed by atoms with Gasteiger partial charge in [0.25, 0.3) is 15.9 Å². The van der Waals surface area contributed by atoms with Crippen LogP contribution < -0.4 is 10.1 Å². The molecule has 0 aliphatic carbocycles. The minimum absolute atomic E-state index is 0.0188. The summed E-state index contributed by atoms with van der Waals surface area (Å²) in [5.41, 5.74) is -0.0118. The van der Waals surface area contributed by atoms with Gasteiger partial charge in [0.1, 0.15) is 16.4 Å². The molecule has 33 heavy (non-hydrogen) atoms. The molecular formula is C24H28N2O6S. The minimum Gasteiger partial charge on any atom is -0.494 e. The third-order valence-electron chi connectivity index (χ3n) is 4.92. The molecule has 1 aliphatic heterocycles. The molecule has 0 fully saturated rings. The van der Waals surface area contributed by atoms with Crippen LogP contribution in [0.5, 0.6) is 5.75 Å². The van der Waals surface area contributed by atoms with E-state index in [9.17, 15) is 18.0 Å². The van der Waals surface area contributed by atoms with Crippen molar-refractivity contribution in [3.63, 3.8) is 0 Å². The van der Waals surface area contributed by atoms with Gasteiger partial charge in [-0.05, 0) is 51.0 Å². The van der Waals surface area contributed by atoms with Crippen LogP contribution >= 0.6 is 0 Å². The zero-order chi connectivity index (χ0) is 24.2. The summed E-state index contributed by atoms with van der Waals surface area (Å²) in [6.45, 7) is 5.68. The van der Waals surface area contributed by atoms with E-state index in [-0.39, 0.29) is 10.6 Å². The van der Waals surface area contributed by atoms with Crippen molar-refractivity contribution in [1.82, 2.24) is 9.62 Å². The van der Waals surface area contributed by atoms with Crippen LogP contribution in [0.2, 0.25) is 0 Å². The van der Waals surface area contributed by atoms with Crippen LogP contribution in [-0.4, -0.2) is 50.4 Å². The zero-order valence-electron chi connectivity index (χ0n) is 19.1. The van der Waals surface area contributed by atoms with Crippen LogP contribution in [0.3, 0.4) is 0 Å². The van der Waals surface area contributed by atoms with E-state index in [1.807, 2.05) is 0 Å². The fourth-order valence-corrected chi connectivity index (χ4v) is 5.60. The molecule has 9 heteroatoms. The van der Waals surface area contributed by atoms with Crippen LogP contribution in [0, 0.1) is 0 Å². The summed E-state index contributed by atoms with van der Waals surface area (Å²) in [6, 6.07) is 15.2. The highest BCUT2D eigenvalue weighted by molar-refractivity contribution is 7.99. The molecule has 176 valence electrons. The average molecular weight is 473 g/mol. The molecule has 0 radical (unpaired) electrons. The van der Waals surface area contributed by atoms with Crippen molar-refractivity contribution in [3.05, 3.63) is 71.4 Å². The number of ether oxygens (including phenoxy) is 2. The number of nitrogens with zero attached hydrogens (tertiary/aromatic N) is 1. The smallest absolute Gasteiger partial charge is 0.337 e. The van der Waals surface area contributed by atoms with Crippen LogP contribution in [-0.2, 0) is 19.6 Å². The maximum Gasteiger partial charge on any atom is 0.337 e. The lowest BCUT2D eigenvalue weighted by Gasteiger charge is -2.30. The topological polar surface area (TPSA) is 102 Å². The summed E-state index contributed by atoms with van der Waals surface area (Å²) in [6.07, 6.45) is 0.497. The third-order valence-corrected chi connectivity index (χ3v) is 7.07. The maximum absolute atomic E-state index is 13.3. The molecule has 0 saturated heterocycles. The Morgan fingerprint density at radius 3 is 2.39 bits per heavy atom. The highest BCUT2D eigenvalue weighted by Crippen LogP contribution is 2.38. The lowest BCUT2D eigenvalue weighted by molar-refractivity contribution is -0.125. The summed E-state index contributed by atoms with van der Waals surface area (Å²) in [5.74, 6) is -0.513. The number of benzene rings is 2. The molecular weight excluding hydrogens is 444 g/mol. The van der Waals surface area contributed by atoms with Crippen molar-refractivity contribution in [3.8, 4) is 5.75 Å². The van der Waals surface area contributed by atoms with Gasteiger partial charge in [-0.3, -0.25) is 4.79 Å². The van der Waals surface area contributed by atoms with E-state index >= 15 is 0 Å². The fraction of sp³-hybridized carbons (Fsp3) is 0.333. The van der Waals surface area contributed by atoms with Gasteiger partial charge in [0.2, 0.25) is 0 Å². The predicted octanol–water partition coefficient (Wildman–Crippen LogP) is 3.17. The second kappa shape index (κ2) is 9.66. The first-order chi connectivity index (χ1) is 15.6. The number of rotatable bonds is 8. The van der Waals surface area contributed by atoms with Crippen LogP contribution in [0.25, 0.3) is 4.91 Å². The maximum atomic E-state index is 13.3. The number of sulfonamides is 1. The van der Waals surface area contributed by atoms with E-state index in [0.29, 0.717) is 36.4 Å². The van der Waals surface area contributed by atoms with Crippen LogP contribution in [0.4, 0.5) is 0 Å². The molecule has 1 N–H and O–H groups in total. The molecule has 8 nitrogen and oxygen atoms in total. The summed E-state index contributed by atoms with van der Waals surface area (Å²) in [4.78, 5) is 24.7. The molecule has 0 atom stereocenters. The Morgan fingerprint density at radius 2 is 1.76 bits per heavy atom. The molecule has 2 aromatic carbocycles. The molecule has 3 rings (SSSR count). The number of esters is 1. The lowest BCUT2D eigenvalue weighted by Crippen LogP contribution is -2.46. The summed E-state index contributed by atoms with van der Waals surface area (Å²) < 4.78 is 37.9. The summed E-state index contributed by atoms with van der Waals surface area (Å²) in [5, 5.41) is 3.02. The van der Waals surface area contributed by atoms with E-state index in [1.165, 1.54) is 7.11 Å². The largest absolute Gasteiger partial charge is 0.494 e. The molecule has 1 aliphatic rings. The van der Waals surface area contributed by atoms with Gasteiger partial charge >= 0.3 is 5.97 Å². The molecule has 2 aromatic rings. The van der Waals surface area contributed by atoms with Gasteiger partial charge in [-0.2, -0.15) is 0 Å². The number of nitrogens with one attached hydrogen (secondary N) is 1. The first-order valence-electron chi connectivity index (χ1n) is 10.5. The van der Waals surface area contributed by atoms with Crippen LogP contribution in [0.1, 0.15) is 43.1 Å². The minimum atomic E-state index is -4.01. The van der Waals surface area contributed by atoms with Gasteiger partial charge in [0, 0.05) is 6.54 Å². The number of methoxy groups -OCH3 is 1. The van der Waals surface area contributed by atoms with E-state index in [0.717, 1.165) is 4.31 Å². The Kier molecular flexibility index (Phi) is 7.12. The van der Waals surface area contributed by atoms with Crippen molar-refractivity contribution in [2.75, 3.05) is 20.3 Å².